The van der Waals surface area contributed by atoms with Gasteiger partial charge in [-0.15, -0.1) is 0 Å². The number of nitrogens with one attached hydrogen (secondary N) is 3. The molecule has 0 heterocycles. The summed E-state index contributed by atoms with van der Waals surface area (Å²) < 4.78 is 28.1. The van der Waals surface area contributed by atoms with Crippen LogP contribution in [0.2, 0.25) is 10.0 Å². The van der Waals surface area contributed by atoms with Crippen molar-refractivity contribution in [2.24, 2.45) is 0 Å². The molecule has 166 valence electrons. The van der Waals surface area contributed by atoms with Gasteiger partial charge in [0.2, 0.25) is 5.91 Å². The number of sulfonamides is 1. The predicted octanol–water partition coefficient (Wildman–Crippen LogP) is 4.47. The van der Waals surface area contributed by atoms with Crippen LogP contribution in [-0.2, 0) is 14.8 Å². The van der Waals surface area contributed by atoms with Gasteiger partial charge in [0.15, 0.2) is 0 Å². The van der Waals surface area contributed by atoms with E-state index in [9.17, 15) is 18.0 Å². The fourth-order valence-electron chi connectivity index (χ4n) is 2.79. The van der Waals surface area contributed by atoms with E-state index in [2.05, 4.69) is 15.4 Å². The third-order valence-corrected chi connectivity index (χ3v) is 6.36. The summed E-state index contributed by atoms with van der Waals surface area (Å²) in [7, 11) is -3.91. The third-order valence-electron chi connectivity index (χ3n) is 4.35. The second-order valence-electron chi connectivity index (χ2n) is 6.83. The van der Waals surface area contributed by atoms with Crippen molar-refractivity contribution in [1.82, 2.24) is 5.32 Å². The fraction of sp³-hybridized carbons (Fsp3) is 0.0909. The first kappa shape index (κ1) is 23.6. The fourth-order valence-corrected chi connectivity index (χ4v) is 4.44. The maximum absolute atomic E-state index is 12.8. The first-order chi connectivity index (χ1) is 15.1. The Bertz CT molecular complexity index is 1260. The minimum Gasteiger partial charge on any atom is -0.343 e. The maximum atomic E-state index is 12.8. The molecule has 2 amide bonds. The number of halogens is 2. The Balaban J connectivity index is 1.67. The van der Waals surface area contributed by atoms with Crippen molar-refractivity contribution in [2.75, 3.05) is 16.6 Å². The molecule has 0 aliphatic rings. The Morgan fingerprint density at radius 1 is 0.875 bits per heavy atom. The molecule has 0 aromatic heterocycles. The highest BCUT2D eigenvalue weighted by molar-refractivity contribution is 7.92. The first-order valence-corrected chi connectivity index (χ1v) is 11.6. The van der Waals surface area contributed by atoms with E-state index in [1.165, 1.54) is 12.1 Å². The third kappa shape index (κ3) is 6.23. The molecule has 3 aromatic carbocycles. The number of rotatable bonds is 7. The average Bonchev–Trinajstić information content (AvgIpc) is 2.75. The molecule has 0 saturated carbocycles. The SMILES string of the molecule is Cc1ccc(NC(=O)CNC(=O)c2cccc(Cl)c2)cc1S(=O)(=O)Nc1ccc(Cl)cc1. The predicted molar refractivity (Wildman–Crippen MR) is 126 cm³/mol. The molecule has 0 radical (unpaired) electrons. The van der Waals surface area contributed by atoms with Gasteiger partial charge in [0.05, 0.1) is 11.4 Å². The van der Waals surface area contributed by atoms with Crippen molar-refractivity contribution in [2.45, 2.75) is 11.8 Å². The molecule has 0 aliphatic heterocycles. The van der Waals surface area contributed by atoms with E-state index in [0.717, 1.165) is 0 Å². The number of hydrogen-bond acceptors (Lipinski definition) is 4. The summed E-state index contributed by atoms with van der Waals surface area (Å²) in [4.78, 5) is 24.4. The maximum Gasteiger partial charge on any atom is 0.262 e. The number of aryl methyl sites for hydroxylation is 1. The number of amides is 2. The Labute approximate surface area is 195 Å². The zero-order valence-electron chi connectivity index (χ0n) is 16.9. The summed E-state index contributed by atoms with van der Waals surface area (Å²) in [6.07, 6.45) is 0. The van der Waals surface area contributed by atoms with E-state index in [1.807, 2.05) is 0 Å². The minimum atomic E-state index is -3.91. The van der Waals surface area contributed by atoms with Crippen LogP contribution in [-0.4, -0.2) is 26.8 Å². The Hall–Kier alpha value is -3.07. The largest absolute Gasteiger partial charge is 0.343 e. The molecule has 0 atom stereocenters. The smallest absolute Gasteiger partial charge is 0.262 e. The lowest BCUT2D eigenvalue weighted by Crippen LogP contribution is -2.32. The van der Waals surface area contributed by atoms with E-state index < -0.39 is 21.8 Å². The molecule has 3 rings (SSSR count). The summed E-state index contributed by atoms with van der Waals surface area (Å²) in [6, 6.07) is 17.1. The zero-order chi connectivity index (χ0) is 23.3. The molecular formula is C22H19Cl2N3O4S. The summed E-state index contributed by atoms with van der Waals surface area (Å²) in [5.74, 6) is -0.972. The number of anilines is 2. The summed E-state index contributed by atoms with van der Waals surface area (Å²) >= 11 is 11.7. The highest BCUT2D eigenvalue weighted by atomic mass is 35.5. The zero-order valence-corrected chi connectivity index (χ0v) is 19.2. The van der Waals surface area contributed by atoms with Crippen molar-refractivity contribution < 1.29 is 18.0 Å². The van der Waals surface area contributed by atoms with Crippen LogP contribution in [0.3, 0.4) is 0 Å². The van der Waals surface area contributed by atoms with Gasteiger partial charge in [-0.2, -0.15) is 0 Å². The van der Waals surface area contributed by atoms with Crippen LogP contribution in [0.5, 0.6) is 0 Å². The van der Waals surface area contributed by atoms with E-state index >= 15 is 0 Å². The molecule has 3 N–H and O–H groups in total. The molecule has 0 spiro atoms. The number of hydrogen-bond donors (Lipinski definition) is 3. The first-order valence-electron chi connectivity index (χ1n) is 9.37. The van der Waals surface area contributed by atoms with Gasteiger partial charge in [-0.1, -0.05) is 35.3 Å². The highest BCUT2D eigenvalue weighted by Crippen LogP contribution is 2.24. The van der Waals surface area contributed by atoms with Crippen molar-refractivity contribution in [3.63, 3.8) is 0 Å². The highest BCUT2D eigenvalue weighted by Gasteiger charge is 2.18. The van der Waals surface area contributed by atoms with Crippen LogP contribution in [0, 0.1) is 6.92 Å². The van der Waals surface area contributed by atoms with Crippen molar-refractivity contribution >= 4 is 56.4 Å². The van der Waals surface area contributed by atoms with Crippen molar-refractivity contribution in [1.29, 1.82) is 0 Å². The van der Waals surface area contributed by atoms with Gasteiger partial charge in [0, 0.05) is 27.0 Å². The molecule has 0 saturated heterocycles. The number of carbonyl (C=O) groups excluding carboxylic acids is 2. The quantitative estimate of drug-likeness (QED) is 0.453. The van der Waals surface area contributed by atoms with Crippen LogP contribution in [0.1, 0.15) is 15.9 Å². The van der Waals surface area contributed by atoms with Gasteiger partial charge in [0.25, 0.3) is 15.9 Å². The number of carbonyl (C=O) groups is 2. The van der Waals surface area contributed by atoms with Gasteiger partial charge >= 0.3 is 0 Å². The Morgan fingerprint density at radius 3 is 2.25 bits per heavy atom. The monoisotopic (exact) mass is 491 g/mol. The molecule has 3 aromatic rings. The lowest BCUT2D eigenvalue weighted by molar-refractivity contribution is -0.115. The molecule has 10 heteroatoms. The summed E-state index contributed by atoms with van der Waals surface area (Å²) in [5.41, 5.74) is 1.45. The van der Waals surface area contributed by atoms with Crippen LogP contribution >= 0.6 is 23.2 Å². The van der Waals surface area contributed by atoms with Crippen molar-refractivity contribution in [3.05, 3.63) is 87.9 Å². The van der Waals surface area contributed by atoms with Crippen LogP contribution in [0.4, 0.5) is 11.4 Å². The van der Waals surface area contributed by atoms with Crippen molar-refractivity contribution in [3.8, 4) is 0 Å². The van der Waals surface area contributed by atoms with Gasteiger partial charge in [-0.05, 0) is 67.1 Å². The lowest BCUT2D eigenvalue weighted by Gasteiger charge is -2.13. The number of benzene rings is 3. The molecule has 7 nitrogen and oxygen atoms in total. The van der Waals surface area contributed by atoms with E-state index in [4.69, 9.17) is 23.2 Å². The Kier molecular flexibility index (Phi) is 7.40. The minimum absolute atomic E-state index is 0.00760. The van der Waals surface area contributed by atoms with Crippen LogP contribution < -0.4 is 15.4 Å². The molecule has 0 fully saturated rings. The molecule has 0 bridgehead atoms. The van der Waals surface area contributed by atoms with Gasteiger partial charge < -0.3 is 10.6 Å². The molecule has 0 aliphatic carbocycles. The summed E-state index contributed by atoms with van der Waals surface area (Å²) in [5, 5.41) is 5.96. The van der Waals surface area contributed by atoms with Gasteiger partial charge in [-0.25, -0.2) is 8.42 Å². The van der Waals surface area contributed by atoms with E-state index in [1.54, 1.807) is 61.5 Å². The van der Waals surface area contributed by atoms with Crippen LogP contribution in [0.15, 0.2) is 71.6 Å². The topological polar surface area (TPSA) is 104 Å². The standard InChI is InChI=1S/C22H19Cl2N3O4S/c1-14-5-8-19(12-20(14)32(30,31)27-18-9-6-16(23)7-10-18)26-21(28)13-25-22(29)15-3-2-4-17(24)11-15/h2-12,27H,13H2,1H3,(H,25,29)(H,26,28). The normalized spacial score (nSPS) is 11.0. The molecule has 32 heavy (non-hydrogen) atoms. The van der Waals surface area contributed by atoms with E-state index in [-0.39, 0.29) is 17.1 Å². The van der Waals surface area contributed by atoms with Gasteiger partial charge in [-0.3, -0.25) is 14.3 Å². The lowest BCUT2D eigenvalue weighted by atomic mass is 10.2. The molecule has 0 unspecified atom stereocenters. The van der Waals surface area contributed by atoms with E-state index in [0.29, 0.717) is 26.9 Å². The second kappa shape index (κ2) is 10.0. The van der Waals surface area contributed by atoms with Crippen LogP contribution in [0.25, 0.3) is 0 Å². The molecular weight excluding hydrogens is 473 g/mol. The second-order valence-corrected chi connectivity index (χ2v) is 9.36. The average molecular weight is 492 g/mol. The van der Waals surface area contributed by atoms with Gasteiger partial charge in [0.1, 0.15) is 0 Å². The summed E-state index contributed by atoms with van der Waals surface area (Å²) in [6.45, 7) is 1.34. The Morgan fingerprint density at radius 2 is 1.56 bits per heavy atom.